The van der Waals surface area contributed by atoms with E-state index >= 15 is 0 Å². The summed E-state index contributed by atoms with van der Waals surface area (Å²) in [6.07, 6.45) is 15.2. The standard InChI is InChI=1S/C31H39N2P2.C5H5.Fe/c1-29(2,3)31(34,30-18-22-15-23(19-30)17-24(16-22)20-30)26-10-8-9-25(26)21-35(27-11-4-6-13-32-27)28-12-5-7-14-33-28;1-2-4-5-3-1;/h4-14,22-24H,15-21,34H2,1-3H3;1-5H;. The fraction of sp³-hybridized carbons (Fsp3) is 0.722. The molecule has 41 heavy (non-hydrogen) atoms. The Morgan fingerprint density at radius 2 is 1.29 bits per heavy atom. The van der Waals surface area contributed by atoms with E-state index in [0.29, 0.717) is 16.0 Å². The summed E-state index contributed by atoms with van der Waals surface area (Å²) in [4.78, 5) is 20.8. The van der Waals surface area contributed by atoms with Gasteiger partial charge in [0, 0.05) is 0 Å². The van der Waals surface area contributed by atoms with E-state index in [4.69, 9.17) is 9.97 Å². The Labute approximate surface area is 238 Å². The van der Waals surface area contributed by atoms with Crippen LogP contribution in [0.2, 0.25) is 47.2 Å². The van der Waals surface area contributed by atoms with Crippen molar-refractivity contribution in [2.45, 2.75) is 112 Å². The summed E-state index contributed by atoms with van der Waals surface area (Å²) in [7, 11) is 3.52. The summed E-state index contributed by atoms with van der Waals surface area (Å²) in [5.41, 5.74) is 3.74. The zero-order valence-corrected chi connectivity index (χ0v) is 27.8. The van der Waals surface area contributed by atoms with E-state index in [1.54, 1.807) is 38.5 Å². The molecule has 4 bridgehead atoms. The summed E-state index contributed by atoms with van der Waals surface area (Å²) < 4.78 is 1.57. The molecule has 0 radical (unpaired) electrons. The maximum atomic E-state index is 5.13. The van der Waals surface area contributed by atoms with Gasteiger partial charge in [-0.25, -0.2) is 0 Å². The topological polar surface area (TPSA) is 25.8 Å². The molecule has 10 saturated heterocycles. The van der Waals surface area contributed by atoms with Gasteiger partial charge in [0.15, 0.2) is 0 Å². The van der Waals surface area contributed by atoms with E-state index in [0.717, 1.165) is 26.4 Å². The third-order valence-corrected chi connectivity index (χ3v) is 72.5. The molecule has 12 heterocycles. The normalized spacial score (nSPS) is 73.6. The van der Waals surface area contributed by atoms with Gasteiger partial charge in [-0.05, 0) is 0 Å². The predicted octanol–water partition coefficient (Wildman–Crippen LogP) is 8.92. The van der Waals surface area contributed by atoms with Crippen molar-refractivity contribution < 1.29 is 6.51 Å². The van der Waals surface area contributed by atoms with Crippen molar-refractivity contribution in [3.8, 4) is 0 Å². The van der Waals surface area contributed by atoms with Crippen molar-refractivity contribution in [1.82, 2.24) is 9.97 Å². The van der Waals surface area contributed by atoms with Gasteiger partial charge in [-0.2, -0.15) is 0 Å². The molecule has 216 valence electrons. The van der Waals surface area contributed by atoms with Crippen molar-refractivity contribution >= 4 is 28.0 Å². The Morgan fingerprint density at radius 1 is 0.780 bits per heavy atom. The van der Waals surface area contributed by atoms with E-state index in [9.17, 15) is 0 Å². The van der Waals surface area contributed by atoms with Crippen molar-refractivity contribution in [2.75, 3.05) is 6.16 Å². The first-order valence-corrected chi connectivity index (χ1v) is 25.4. The molecule has 2 aromatic heterocycles. The first-order valence-electron chi connectivity index (χ1n) is 17.1. The Hall–Kier alpha value is -0.321. The molecule has 7 atom stereocenters. The average molecular weight is 623 g/mol. The van der Waals surface area contributed by atoms with Crippen LogP contribution in [0.15, 0.2) is 48.8 Å². The summed E-state index contributed by atoms with van der Waals surface area (Å²) in [5.74, 6) is 3.14. The molecule has 2 aromatic rings. The number of fused-ring (bicyclic) bond motifs is 10. The number of pyridine rings is 2. The quantitative estimate of drug-likeness (QED) is 0.238. The number of nitrogens with zero attached hydrogens (tertiary/aromatic N) is 2. The number of rotatable bonds is 6. The SMILES string of the molecule is CC(C)(C)C(P)(C12CC3CC(CC(C3)C1)C2)[C]12[CH]3[CH]4[CH]5[C]1(CP(c1ccccn1)c1ccccn1)[Fe]45321678[CH]2[CH]1[CH]6[CH]7[CH]28. The Bertz CT molecular complexity index is 1980. The fourth-order valence-corrected chi connectivity index (χ4v) is 113. The van der Waals surface area contributed by atoms with E-state index in [1.807, 2.05) is 0 Å². The van der Waals surface area contributed by atoms with Gasteiger partial charge >= 0.3 is 240 Å². The van der Waals surface area contributed by atoms with Crippen LogP contribution in [0.3, 0.4) is 0 Å². The molecule has 0 amide bonds. The van der Waals surface area contributed by atoms with Crippen LogP contribution in [0.5, 0.6) is 0 Å². The van der Waals surface area contributed by atoms with Gasteiger partial charge in [0.1, 0.15) is 0 Å². The molecule has 7 unspecified atom stereocenters. The van der Waals surface area contributed by atoms with Gasteiger partial charge in [-0.1, -0.05) is 0 Å². The van der Waals surface area contributed by atoms with Crippen LogP contribution >= 0.6 is 17.2 Å². The first kappa shape index (κ1) is 21.4. The molecule has 0 aromatic carbocycles. The maximum absolute atomic E-state index is 5.13. The molecule has 5 heteroatoms. The Balaban J connectivity index is 1.03. The van der Waals surface area contributed by atoms with Gasteiger partial charge in [-0.15, -0.1) is 0 Å². The van der Waals surface area contributed by atoms with Crippen LogP contribution in [0.1, 0.15) is 59.3 Å². The van der Waals surface area contributed by atoms with Crippen molar-refractivity contribution in [2.24, 2.45) is 28.6 Å². The molecule has 4 aliphatic carbocycles. The Kier molecular flexibility index (Phi) is 1.74. The van der Waals surface area contributed by atoms with Crippen molar-refractivity contribution in [3.05, 3.63) is 48.8 Å². The van der Waals surface area contributed by atoms with Gasteiger partial charge in [0.05, 0.1) is 0 Å². The van der Waals surface area contributed by atoms with Gasteiger partial charge in [0.25, 0.3) is 0 Å². The minimum absolute atomic E-state index is 0.368. The summed E-state index contributed by atoms with van der Waals surface area (Å²) in [6, 6.07) is 13.5. The van der Waals surface area contributed by atoms with E-state index in [1.165, 1.54) is 55.6 Å². The summed E-state index contributed by atoms with van der Waals surface area (Å²) in [6.45, 7) is 4.46. The van der Waals surface area contributed by atoms with E-state index in [-0.39, 0.29) is 0 Å². The van der Waals surface area contributed by atoms with Crippen molar-refractivity contribution in [1.29, 1.82) is 0 Å². The molecule has 14 aliphatic rings. The summed E-state index contributed by atoms with van der Waals surface area (Å²) >= 11 is 0. The van der Waals surface area contributed by atoms with Crippen LogP contribution in [-0.4, -0.2) is 21.3 Å². The fourth-order valence-electron chi connectivity index (χ4n) is 26.5. The zero-order valence-electron chi connectivity index (χ0n) is 24.7. The average Bonchev–Trinajstić information content (AvgIpc) is 3.90. The van der Waals surface area contributed by atoms with Crippen LogP contribution < -0.4 is 10.9 Å². The zero-order chi connectivity index (χ0) is 26.9. The van der Waals surface area contributed by atoms with Gasteiger partial charge < -0.3 is 0 Å². The molecule has 16 rings (SSSR count). The third kappa shape index (κ3) is 0.587. The first-order chi connectivity index (χ1) is 19.5. The Morgan fingerprint density at radius 3 is 1.68 bits per heavy atom. The second-order valence-electron chi connectivity index (χ2n) is 21.1. The van der Waals surface area contributed by atoms with Crippen LogP contribution in [0, 0.1) is 28.6 Å². The molecule has 14 fully saturated rings. The third-order valence-electron chi connectivity index (χ3n) is 24.1. The minimum atomic E-state index is -3.83. The summed E-state index contributed by atoms with van der Waals surface area (Å²) in [5, 5.41) is 0.461. The second-order valence-corrected chi connectivity index (χ2v) is 47.4. The molecule has 4 saturated carbocycles. The van der Waals surface area contributed by atoms with Crippen LogP contribution in [0.4, 0.5) is 0 Å². The van der Waals surface area contributed by atoms with Crippen molar-refractivity contribution in [3.63, 3.8) is 0 Å². The molecular weight excluding hydrogens is 578 g/mol. The van der Waals surface area contributed by atoms with E-state index in [2.05, 4.69) is 78.8 Å². The number of aromatic nitrogens is 2. The predicted molar refractivity (Wildman–Crippen MR) is 167 cm³/mol. The molecule has 2 nitrogen and oxygen atoms in total. The molecule has 1 spiro atoms. The number of hydrogen-bond donors (Lipinski definition) is 0. The second kappa shape index (κ2) is 3.32. The van der Waals surface area contributed by atoms with Crippen LogP contribution in [0.25, 0.3) is 0 Å². The van der Waals surface area contributed by atoms with Gasteiger partial charge in [0.2, 0.25) is 0 Å². The monoisotopic (exact) mass is 622 g/mol. The molecule has 0 N–H and O–H groups in total. The van der Waals surface area contributed by atoms with Gasteiger partial charge in [-0.3, -0.25) is 0 Å². The number of hydrogen-bond acceptors (Lipinski definition) is 2. The van der Waals surface area contributed by atoms with Crippen LogP contribution in [-0.2, 0) is 6.51 Å². The van der Waals surface area contributed by atoms with E-state index < -0.39 is 14.4 Å². The molecule has 10 aliphatic heterocycles. The molecular formula is C36H44FeN2P2.